The Bertz CT molecular complexity index is 2310. The third-order valence-corrected chi connectivity index (χ3v) is 8.53. The number of carboxylic acids is 1. The zero-order valence-corrected chi connectivity index (χ0v) is 27.9. The number of carboxylic acid groups (broad SMARTS) is 1. The number of carbonyl (C=O) groups excluding carboxylic acids is 1. The fourth-order valence-electron chi connectivity index (χ4n) is 5.90. The number of methoxy groups -OCH3 is 2. The molecule has 0 aliphatic carbocycles. The Morgan fingerprint density at radius 3 is 1.51 bits per heavy atom. The van der Waals surface area contributed by atoms with Crippen molar-refractivity contribution in [1.82, 2.24) is 9.13 Å². The van der Waals surface area contributed by atoms with Crippen LogP contribution in [0.1, 0.15) is 25.5 Å². The van der Waals surface area contributed by atoms with Gasteiger partial charge in [-0.1, -0.05) is 54.9 Å². The summed E-state index contributed by atoms with van der Waals surface area (Å²) in [7, 11) is 3.08. The van der Waals surface area contributed by atoms with Crippen molar-refractivity contribution < 1.29 is 28.9 Å². The second-order valence-electron chi connectivity index (χ2n) is 10.8. The van der Waals surface area contributed by atoms with Crippen LogP contribution in [-0.4, -0.2) is 47.0 Å². The van der Waals surface area contributed by atoms with Crippen LogP contribution in [0.25, 0.3) is 43.6 Å². The lowest BCUT2D eigenvalue weighted by atomic mass is 10.1. The summed E-state index contributed by atoms with van der Waals surface area (Å²) in [6.45, 7) is 2.19. The molecule has 0 saturated heterocycles. The molecule has 0 aliphatic heterocycles. The summed E-state index contributed by atoms with van der Waals surface area (Å²) < 4.78 is 18.9. The van der Waals surface area contributed by atoms with E-state index >= 15 is 0 Å². The molecule has 0 fully saturated rings. The number of ether oxygens (including phenoxy) is 3. The number of esters is 1. The van der Waals surface area contributed by atoms with Gasteiger partial charge in [0.05, 0.1) is 41.9 Å². The Morgan fingerprint density at radius 1 is 0.673 bits per heavy atom. The molecule has 0 aliphatic rings. The van der Waals surface area contributed by atoms with Crippen LogP contribution >= 0.6 is 23.2 Å². The first-order chi connectivity index (χ1) is 23.1. The van der Waals surface area contributed by atoms with E-state index in [4.69, 9.17) is 37.4 Å². The van der Waals surface area contributed by atoms with Crippen LogP contribution in [0.5, 0.6) is 0 Å². The van der Waals surface area contributed by atoms with Gasteiger partial charge in [-0.25, -0.2) is 0 Å². The number of fused-ring (bicyclic) bond motifs is 4. The second kappa shape index (κ2) is 16.1. The molecule has 0 radical (unpaired) electrons. The number of aromatic nitrogens is 2. The van der Waals surface area contributed by atoms with Gasteiger partial charge in [0, 0.05) is 56.9 Å². The standard InChI is InChI=1S/C19H18ClNO4.C17H14ClNO4.CH4/c1-3-25-17(22)10-21-16-7-5-4-6-12(16)19(23)13-8-9-15(20)14(11-24-2)18(13)21;1-23-9-12-13(18)7-6-11-16(12)19(8-15(20)21)14-5-3-2-4-10(14)17(11)22;/h4-9H,3,10-11H2,1-2H3;2-7H,8-9H2,1H3,(H,20,21);1H4. The smallest absolute Gasteiger partial charge is 0.325 e. The normalized spacial score (nSPS) is 11.0. The van der Waals surface area contributed by atoms with E-state index in [1.54, 1.807) is 83.8 Å². The SMILES string of the molecule is C.CCOC(=O)Cn1c2ccccc2c(=O)c2ccc(Cl)c(COC)c21.COCc1c(Cl)ccc2c(=O)c3ccccc3n(CC(=O)O)c12. The molecule has 256 valence electrons. The van der Waals surface area contributed by atoms with Crippen molar-refractivity contribution in [1.29, 1.82) is 0 Å². The summed E-state index contributed by atoms with van der Waals surface area (Å²) in [4.78, 5) is 49.1. The van der Waals surface area contributed by atoms with E-state index in [9.17, 15) is 24.3 Å². The summed E-state index contributed by atoms with van der Waals surface area (Å²) in [5, 5.41) is 12.2. The first-order valence-corrected chi connectivity index (χ1v) is 15.7. The Hall–Kier alpha value is -4.74. The van der Waals surface area contributed by atoms with Crippen molar-refractivity contribution in [2.75, 3.05) is 20.8 Å². The number of pyridine rings is 2. The van der Waals surface area contributed by atoms with Gasteiger partial charge in [0.25, 0.3) is 0 Å². The van der Waals surface area contributed by atoms with Gasteiger partial charge in [0.15, 0.2) is 10.9 Å². The predicted octanol–water partition coefficient (Wildman–Crippen LogP) is 7.19. The lowest BCUT2D eigenvalue weighted by Crippen LogP contribution is -2.19. The van der Waals surface area contributed by atoms with Crippen LogP contribution < -0.4 is 10.9 Å². The number of benzene rings is 4. The molecule has 0 spiro atoms. The van der Waals surface area contributed by atoms with Crippen molar-refractivity contribution in [3.8, 4) is 0 Å². The maximum Gasteiger partial charge on any atom is 0.325 e. The van der Waals surface area contributed by atoms with E-state index in [0.29, 0.717) is 71.4 Å². The summed E-state index contributed by atoms with van der Waals surface area (Å²) in [5.41, 5.74) is 3.37. The molecule has 10 nitrogen and oxygen atoms in total. The van der Waals surface area contributed by atoms with Crippen molar-refractivity contribution in [2.24, 2.45) is 0 Å². The van der Waals surface area contributed by atoms with E-state index in [2.05, 4.69) is 0 Å². The third kappa shape index (κ3) is 7.33. The predicted molar refractivity (Wildman–Crippen MR) is 194 cm³/mol. The molecule has 4 aromatic carbocycles. The van der Waals surface area contributed by atoms with E-state index in [0.717, 1.165) is 0 Å². The number of nitrogens with zero attached hydrogens (tertiary/aromatic N) is 2. The minimum Gasteiger partial charge on any atom is -0.480 e. The molecule has 6 aromatic rings. The average Bonchev–Trinajstić information content (AvgIpc) is 3.07. The van der Waals surface area contributed by atoms with Crippen LogP contribution in [0.4, 0.5) is 0 Å². The fraction of sp³-hybridized carbons (Fsp3) is 0.243. The first-order valence-electron chi connectivity index (χ1n) is 14.9. The monoisotopic (exact) mass is 706 g/mol. The largest absolute Gasteiger partial charge is 0.480 e. The highest BCUT2D eigenvalue weighted by molar-refractivity contribution is 6.32. The average molecular weight is 708 g/mol. The molecule has 0 bridgehead atoms. The van der Waals surface area contributed by atoms with Crippen LogP contribution in [-0.2, 0) is 50.1 Å². The number of hydrogen-bond acceptors (Lipinski definition) is 7. The van der Waals surface area contributed by atoms with Gasteiger partial charge in [-0.05, 0) is 55.5 Å². The van der Waals surface area contributed by atoms with E-state index in [1.165, 1.54) is 7.11 Å². The van der Waals surface area contributed by atoms with Crippen molar-refractivity contribution >= 4 is 78.8 Å². The first kappa shape index (κ1) is 37.1. The summed E-state index contributed by atoms with van der Waals surface area (Å²) in [5.74, 6) is -1.37. The maximum atomic E-state index is 12.9. The zero-order valence-electron chi connectivity index (χ0n) is 26.4. The number of aliphatic carboxylic acids is 1. The van der Waals surface area contributed by atoms with E-state index < -0.39 is 5.97 Å². The van der Waals surface area contributed by atoms with Crippen LogP contribution in [0.3, 0.4) is 0 Å². The molecule has 6 rings (SSSR count). The van der Waals surface area contributed by atoms with Crippen LogP contribution in [0.15, 0.2) is 82.4 Å². The van der Waals surface area contributed by atoms with Crippen LogP contribution in [0.2, 0.25) is 10.0 Å². The van der Waals surface area contributed by atoms with Gasteiger partial charge in [0.2, 0.25) is 0 Å². The second-order valence-corrected chi connectivity index (χ2v) is 11.6. The topological polar surface area (TPSA) is 126 Å². The highest BCUT2D eigenvalue weighted by Crippen LogP contribution is 2.30. The van der Waals surface area contributed by atoms with Gasteiger partial charge >= 0.3 is 11.9 Å². The van der Waals surface area contributed by atoms with Gasteiger partial charge in [-0.2, -0.15) is 0 Å². The molecular weight excluding hydrogens is 671 g/mol. The maximum absolute atomic E-state index is 12.9. The summed E-state index contributed by atoms with van der Waals surface area (Å²) in [6, 6.07) is 20.8. The van der Waals surface area contributed by atoms with Gasteiger partial charge in [-0.15, -0.1) is 0 Å². The highest BCUT2D eigenvalue weighted by atomic mass is 35.5. The number of hydrogen-bond donors (Lipinski definition) is 1. The third-order valence-electron chi connectivity index (χ3n) is 7.82. The van der Waals surface area contributed by atoms with Gasteiger partial charge in [0.1, 0.15) is 13.1 Å². The van der Waals surface area contributed by atoms with Crippen molar-refractivity contribution in [3.05, 3.63) is 114 Å². The molecule has 0 amide bonds. The quantitative estimate of drug-likeness (QED) is 0.124. The number of halogens is 2. The molecule has 0 unspecified atom stereocenters. The molecule has 2 heterocycles. The van der Waals surface area contributed by atoms with Gasteiger partial charge < -0.3 is 28.5 Å². The van der Waals surface area contributed by atoms with Crippen LogP contribution in [0, 0.1) is 0 Å². The van der Waals surface area contributed by atoms with E-state index in [1.807, 2.05) is 12.1 Å². The number of para-hydroxylation sites is 2. The van der Waals surface area contributed by atoms with Crippen molar-refractivity contribution in [2.45, 2.75) is 40.7 Å². The summed E-state index contributed by atoms with van der Waals surface area (Å²) >= 11 is 12.6. The number of carbonyl (C=O) groups is 2. The molecular formula is C37H36Cl2N2O8. The minimum absolute atomic E-state index is 0. The molecule has 49 heavy (non-hydrogen) atoms. The Morgan fingerprint density at radius 2 is 1.10 bits per heavy atom. The molecule has 2 aromatic heterocycles. The fourth-order valence-corrected chi connectivity index (χ4v) is 6.32. The molecule has 1 N–H and O–H groups in total. The van der Waals surface area contributed by atoms with Crippen molar-refractivity contribution in [3.63, 3.8) is 0 Å². The lowest BCUT2D eigenvalue weighted by molar-refractivity contribution is -0.143. The van der Waals surface area contributed by atoms with Gasteiger partial charge in [-0.3, -0.25) is 19.2 Å². The Kier molecular flexibility index (Phi) is 12.2. The Labute approximate surface area is 291 Å². The molecule has 0 saturated carbocycles. The molecule has 0 atom stereocenters. The summed E-state index contributed by atoms with van der Waals surface area (Å²) in [6.07, 6.45) is 0. The minimum atomic E-state index is -0.997. The van der Waals surface area contributed by atoms with E-state index in [-0.39, 0.29) is 50.6 Å². The number of rotatable bonds is 9. The molecule has 12 heteroatoms. The highest BCUT2D eigenvalue weighted by Gasteiger charge is 2.19. The Balaban J connectivity index is 0.000000217. The zero-order chi connectivity index (χ0) is 34.5. The lowest BCUT2D eigenvalue weighted by Gasteiger charge is -2.18.